The first-order chi connectivity index (χ1) is 12.9. The van der Waals surface area contributed by atoms with E-state index in [2.05, 4.69) is 21.8 Å². The van der Waals surface area contributed by atoms with Crippen molar-refractivity contribution in [1.82, 2.24) is 14.5 Å². The lowest BCUT2D eigenvalue weighted by Crippen LogP contribution is -2.43. The van der Waals surface area contributed by atoms with Crippen molar-refractivity contribution in [1.29, 1.82) is 0 Å². The third kappa shape index (κ3) is 3.30. The molecule has 27 heavy (non-hydrogen) atoms. The fourth-order valence-corrected chi connectivity index (χ4v) is 4.46. The van der Waals surface area contributed by atoms with Gasteiger partial charge in [0.05, 0.1) is 23.3 Å². The summed E-state index contributed by atoms with van der Waals surface area (Å²) in [6, 6.07) is 1.68. The summed E-state index contributed by atoms with van der Waals surface area (Å²) < 4.78 is 7.37. The van der Waals surface area contributed by atoms with Crippen LogP contribution in [0, 0.1) is 5.41 Å². The molecule has 2 fully saturated rings. The molecule has 2 aromatic rings. The summed E-state index contributed by atoms with van der Waals surface area (Å²) in [7, 11) is 1.73. The lowest BCUT2D eigenvalue weighted by Gasteiger charge is -2.39. The van der Waals surface area contributed by atoms with E-state index in [1.165, 1.54) is 6.20 Å². The molecule has 0 radical (unpaired) electrons. The molecule has 0 amide bonds. The SMILES string of the molecule is C[C@H]1CC2(CCN(c3nc(N)c(-c4cncc(Cl)c4)c(=O)n3C)CC2)CO1. The van der Waals surface area contributed by atoms with Crippen molar-refractivity contribution in [2.45, 2.75) is 32.3 Å². The van der Waals surface area contributed by atoms with Crippen molar-refractivity contribution < 1.29 is 4.74 Å². The van der Waals surface area contributed by atoms with E-state index >= 15 is 0 Å². The minimum atomic E-state index is -0.195. The molecule has 2 N–H and O–H groups in total. The molecule has 144 valence electrons. The first-order valence-electron chi connectivity index (χ1n) is 9.22. The highest BCUT2D eigenvalue weighted by Crippen LogP contribution is 2.42. The van der Waals surface area contributed by atoms with Gasteiger partial charge < -0.3 is 15.4 Å². The van der Waals surface area contributed by atoms with Crippen LogP contribution in [0.3, 0.4) is 0 Å². The number of nitrogen functional groups attached to an aromatic ring is 1. The Morgan fingerprint density at radius 3 is 2.70 bits per heavy atom. The molecule has 1 spiro atoms. The van der Waals surface area contributed by atoms with Crippen LogP contribution in [0.15, 0.2) is 23.3 Å². The normalized spacial score (nSPS) is 21.7. The number of pyridine rings is 1. The van der Waals surface area contributed by atoms with E-state index in [0.717, 1.165) is 39.0 Å². The van der Waals surface area contributed by atoms with E-state index < -0.39 is 0 Å². The van der Waals surface area contributed by atoms with Gasteiger partial charge in [0.2, 0.25) is 5.95 Å². The van der Waals surface area contributed by atoms with E-state index in [1.807, 2.05) is 0 Å². The Kier molecular flexibility index (Phi) is 4.60. The number of aromatic nitrogens is 3. The topological polar surface area (TPSA) is 86.3 Å². The largest absolute Gasteiger partial charge is 0.383 e. The second-order valence-electron chi connectivity index (χ2n) is 7.74. The maximum absolute atomic E-state index is 13.0. The molecule has 0 saturated carbocycles. The number of hydrogen-bond donors (Lipinski definition) is 1. The van der Waals surface area contributed by atoms with Crippen LogP contribution in [0.1, 0.15) is 26.2 Å². The van der Waals surface area contributed by atoms with Gasteiger partial charge in [0, 0.05) is 38.1 Å². The van der Waals surface area contributed by atoms with Gasteiger partial charge in [0.1, 0.15) is 5.82 Å². The van der Waals surface area contributed by atoms with Crippen LogP contribution in [0.25, 0.3) is 11.1 Å². The van der Waals surface area contributed by atoms with Gasteiger partial charge >= 0.3 is 0 Å². The second-order valence-corrected chi connectivity index (χ2v) is 8.18. The molecule has 7 nitrogen and oxygen atoms in total. The maximum atomic E-state index is 13.0. The highest BCUT2D eigenvalue weighted by atomic mass is 35.5. The van der Waals surface area contributed by atoms with Crippen LogP contribution in [-0.4, -0.2) is 40.3 Å². The summed E-state index contributed by atoms with van der Waals surface area (Å²) in [5.74, 6) is 0.813. The van der Waals surface area contributed by atoms with Crippen LogP contribution >= 0.6 is 11.6 Å². The predicted octanol–water partition coefficient (Wildman–Crippen LogP) is 2.47. The Balaban J connectivity index is 1.63. The predicted molar refractivity (Wildman–Crippen MR) is 106 cm³/mol. The summed E-state index contributed by atoms with van der Waals surface area (Å²) in [6.07, 6.45) is 6.60. The molecule has 1 atom stereocenters. The zero-order valence-electron chi connectivity index (χ0n) is 15.6. The number of nitrogens with zero attached hydrogens (tertiary/aromatic N) is 4. The summed E-state index contributed by atoms with van der Waals surface area (Å²) in [5, 5.41) is 0.451. The zero-order valence-corrected chi connectivity index (χ0v) is 16.4. The van der Waals surface area contributed by atoms with Crippen LogP contribution < -0.4 is 16.2 Å². The average Bonchev–Trinajstić information content (AvgIpc) is 2.99. The molecule has 4 rings (SSSR count). The van der Waals surface area contributed by atoms with Gasteiger partial charge in [-0.15, -0.1) is 0 Å². The number of nitrogens with two attached hydrogens (primary N) is 1. The van der Waals surface area contributed by atoms with Crippen LogP contribution in [0.2, 0.25) is 5.02 Å². The van der Waals surface area contributed by atoms with Gasteiger partial charge in [-0.25, -0.2) is 0 Å². The van der Waals surface area contributed by atoms with Crippen molar-refractivity contribution >= 4 is 23.4 Å². The molecule has 2 aliphatic heterocycles. The van der Waals surface area contributed by atoms with E-state index in [1.54, 1.807) is 23.9 Å². The average molecular weight is 390 g/mol. The molecule has 0 aliphatic carbocycles. The molecule has 2 aliphatic rings. The summed E-state index contributed by atoms with van der Waals surface area (Å²) in [6.45, 7) is 4.65. The van der Waals surface area contributed by atoms with Gasteiger partial charge in [-0.3, -0.25) is 14.3 Å². The van der Waals surface area contributed by atoms with Gasteiger partial charge in [0.25, 0.3) is 5.56 Å². The van der Waals surface area contributed by atoms with Gasteiger partial charge in [-0.2, -0.15) is 4.98 Å². The summed E-state index contributed by atoms with van der Waals surface area (Å²) in [5.41, 5.74) is 7.16. The van der Waals surface area contributed by atoms with Gasteiger partial charge in [-0.1, -0.05) is 11.6 Å². The molecule has 4 heterocycles. The third-order valence-electron chi connectivity index (χ3n) is 5.79. The Morgan fingerprint density at radius 1 is 1.33 bits per heavy atom. The van der Waals surface area contributed by atoms with E-state index in [4.69, 9.17) is 22.1 Å². The monoisotopic (exact) mass is 389 g/mol. The van der Waals surface area contributed by atoms with Crippen LogP contribution in [0.5, 0.6) is 0 Å². The smallest absolute Gasteiger partial charge is 0.264 e. The third-order valence-corrected chi connectivity index (χ3v) is 6.00. The number of rotatable bonds is 2. The number of anilines is 2. The van der Waals surface area contributed by atoms with E-state index in [-0.39, 0.29) is 16.8 Å². The van der Waals surface area contributed by atoms with Gasteiger partial charge in [0.15, 0.2) is 0 Å². The van der Waals surface area contributed by atoms with Crippen molar-refractivity contribution in [2.24, 2.45) is 12.5 Å². The standard InChI is InChI=1S/C19H24ClN5O2/c1-12-8-19(11-27-12)3-5-25(6-4-19)18-23-16(21)15(17(26)24(18)2)13-7-14(20)10-22-9-13/h7,9-10,12H,3-6,8,11,21H2,1-2H3/t12-/m0/s1. The van der Waals surface area contributed by atoms with Crippen molar-refractivity contribution in [3.05, 3.63) is 33.8 Å². The number of hydrogen-bond acceptors (Lipinski definition) is 6. The second kappa shape index (κ2) is 6.80. The fraction of sp³-hybridized carbons (Fsp3) is 0.526. The highest BCUT2D eigenvalue weighted by molar-refractivity contribution is 6.30. The highest BCUT2D eigenvalue weighted by Gasteiger charge is 2.41. The maximum Gasteiger partial charge on any atom is 0.264 e. The Labute approximate surface area is 163 Å². The molecule has 0 bridgehead atoms. The Morgan fingerprint density at radius 2 is 2.07 bits per heavy atom. The number of halogens is 1. The molecule has 0 aromatic carbocycles. The first kappa shape index (κ1) is 18.3. The zero-order chi connectivity index (χ0) is 19.2. The van der Waals surface area contributed by atoms with Crippen LogP contribution in [0.4, 0.5) is 11.8 Å². The van der Waals surface area contributed by atoms with Gasteiger partial charge in [-0.05, 0) is 37.7 Å². The molecule has 2 aromatic heterocycles. The van der Waals surface area contributed by atoms with E-state index in [9.17, 15) is 4.79 Å². The minimum Gasteiger partial charge on any atom is -0.383 e. The Bertz CT molecular complexity index is 921. The summed E-state index contributed by atoms with van der Waals surface area (Å²) >= 11 is 6.01. The van der Waals surface area contributed by atoms with E-state index in [0.29, 0.717) is 28.2 Å². The van der Waals surface area contributed by atoms with Crippen LogP contribution in [-0.2, 0) is 11.8 Å². The quantitative estimate of drug-likeness (QED) is 0.849. The Hall–Kier alpha value is -2.12. The van der Waals surface area contributed by atoms with Crippen molar-refractivity contribution in [3.63, 3.8) is 0 Å². The van der Waals surface area contributed by atoms with Crippen molar-refractivity contribution in [2.75, 3.05) is 30.3 Å². The molecular weight excluding hydrogens is 366 g/mol. The molecule has 2 saturated heterocycles. The first-order valence-corrected chi connectivity index (χ1v) is 9.60. The molecule has 0 unspecified atom stereocenters. The number of ether oxygens (including phenoxy) is 1. The lowest BCUT2D eigenvalue weighted by atomic mass is 9.77. The minimum absolute atomic E-state index is 0.195. The van der Waals surface area contributed by atoms with Crippen molar-refractivity contribution in [3.8, 4) is 11.1 Å². The number of piperidine rings is 1. The lowest BCUT2D eigenvalue weighted by molar-refractivity contribution is 0.0974. The summed E-state index contributed by atoms with van der Waals surface area (Å²) in [4.78, 5) is 23.7. The molecule has 8 heteroatoms. The fourth-order valence-electron chi connectivity index (χ4n) is 4.29. The molecular formula is C19H24ClN5O2.